The van der Waals surface area contributed by atoms with Crippen molar-refractivity contribution in [3.63, 3.8) is 0 Å². The van der Waals surface area contributed by atoms with Gasteiger partial charge in [-0.1, -0.05) is 49.7 Å². The molecule has 0 radical (unpaired) electrons. The average Bonchev–Trinajstić information content (AvgIpc) is 3.67. The number of nitrogens with zero attached hydrogens (tertiary/aromatic N) is 2. The smallest absolute Gasteiger partial charge is 0.254 e. The van der Waals surface area contributed by atoms with Crippen molar-refractivity contribution in [1.29, 1.82) is 0 Å². The zero-order valence-electron chi connectivity index (χ0n) is 33.5. The molecule has 11 heteroatoms. The Morgan fingerprint density at radius 1 is 0.982 bits per heavy atom. The summed E-state index contributed by atoms with van der Waals surface area (Å²) in [5.74, 6) is 0.631. The van der Waals surface area contributed by atoms with E-state index >= 15 is 0 Å². The first-order chi connectivity index (χ1) is 27.1. The number of carbonyl (C=O) groups is 1. The Labute approximate surface area is 331 Å². The van der Waals surface area contributed by atoms with Crippen LogP contribution in [-0.4, -0.2) is 83.9 Å². The van der Waals surface area contributed by atoms with Crippen molar-refractivity contribution in [2.75, 3.05) is 39.8 Å². The number of amides is 1. The van der Waals surface area contributed by atoms with Gasteiger partial charge >= 0.3 is 0 Å². The van der Waals surface area contributed by atoms with Crippen LogP contribution in [0.25, 0.3) is 0 Å². The van der Waals surface area contributed by atoms with Gasteiger partial charge in [0.15, 0.2) is 11.5 Å². The van der Waals surface area contributed by atoms with Crippen LogP contribution in [0.3, 0.4) is 0 Å². The van der Waals surface area contributed by atoms with Crippen LogP contribution in [0.1, 0.15) is 101 Å². The molecular weight excluding hydrogens is 713 g/mol. The van der Waals surface area contributed by atoms with E-state index in [2.05, 4.69) is 32.2 Å². The van der Waals surface area contributed by atoms with E-state index in [9.17, 15) is 15.0 Å². The number of allylic oxidation sites excluding steroid dienone is 1. The average molecular weight is 773 g/mol. The standard InChI is InChI=1S/C45H60N2O9/c1-7-20-47(43(50)31-16-18-38-39(26-31)53-29-52-38)40-28-36(46-56-44(4,5)6)34-25-30(14-10-12-21-48)33(15-11-13-22-49)41-35-27-32(51-23-8-2)17-19-37(35)55-45(40,42(34)41)54-24-9-3/h8-9,16-19,25-27,30,33,40-42,48-49H,2-3,7,10-15,20-24,28-29H2,1,4-6H3. The molecule has 304 valence electrons. The third-order valence-corrected chi connectivity index (χ3v) is 11.2. The first-order valence-corrected chi connectivity index (χ1v) is 20.3. The number of fused-ring (bicyclic) bond motifs is 3. The van der Waals surface area contributed by atoms with Crippen molar-refractivity contribution >= 4 is 11.6 Å². The van der Waals surface area contributed by atoms with Crippen LogP contribution in [0.4, 0.5) is 0 Å². The van der Waals surface area contributed by atoms with Crippen LogP contribution in [-0.2, 0) is 9.57 Å². The Morgan fingerprint density at radius 2 is 1.71 bits per heavy atom. The van der Waals surface area contributed by atoms with E-state index in [0.717, 1.165) is 42.5 Å². The molecule has 6 rings (SSSR count). The van der Waals surface area contributed by atoms with Gasteiger partial charge < -0.3 is 43.6 Å². The molecule has 0 bridgehead atoms. The first kappa shape index (κ1) is 41.3. The van der Waals surface area contributed by atoms with Gasteiger partial charge in [0.1, 0.15) is 29.7 Å². The van der Waals surface area contributed by atoms with Crippen molar-refractivity contribution in [1.82, 2.24) is 4.90 Å². The number of aliphatic hydroxyl groups excluding tert-OH is 2. The maximum Gasteiger partial charge on any atom is 0.254 e. The molecule has 2 aromatic carbocycles. The van der Waals surface area contributed by atoms with Crippen molar-refractivity contribution in [3.8, 4) is 23.0 Å². The molecule has 1 saturated carbocycles. The SMILES string of the molecule is C=CCOc1ccc2c(c1)C1C(CCCCO)C(CCCCO)C=C3C(=NOC(C)(C)C)CC(N(CCC)C(=O)c4ccc5c(c4)OCO5)C(OCC=C)(O2)C31. The van der Waals surface area contributed by atoms with Gasteiger partial charge in [0.05, 0.1) is 18.2 Å². The second-order valence-corrected chi connectivity index (χ2v) is 16.1. The van der Waals surface area contributed by atoms with Crippen LogP contribution >= 0.6 is 0 Å². The molecule has 11 nitrogen and oxygen atoms in total. The van der Waals surface area contributed by atoms with E-state index in [1.54, 1.807) is 30.4 Å². The molecule has 0 aromatic heterocycles. The number of hydrogen-bond acceptors (Lipinski definition) is 10. The monoisotopic (exact) mass is 772 g/mol. The van der Waals surface area contributed by atoms with Crippen LogP contribution in [0.5, 0.6) is 23.0 Å². The molecule has 1 amide bonds. The molecule has 2 N–H and O–H groups in total. The minimum absolute atomic E-state index is 0.103. The van der Waals surface area contributed by atoms with Crippen LogP contribution < -0.4 is 18.9 Å². The number of hydrogen-bond donors (Lipinski definition) is 2. The second-order valence-electron chi connectivity index (χ2n) is 16.1. The third-order valence-electron chi connectivity index (χ3n) is 11.2. The number of carbonyl (C=O) groups excluding carboxylic acids is 1. The summed E-state index contributed by atoms with van der Waals surface area (Å²) in [4.78, 5) is 23.1. The number of rotatable bonds is 19. The summed E-state index contributed by atoms with van der Waals surface area (Å²) in [6.07, 6.45) is 11.6. The van der Waals surface area contributed by atoms with E-state index < -0.39 is 23.3 Å². The number of benzene rings is 2. The molecule has 2 heterocycles. The Kier molecular flexibility index (Phi) is 13.5. The number of oxime groups is 1. The fraction of sp³-hybridized carbons (Fsp3) is 0.556. The number of aliphatic hydroxyl groups is 2. The zero-order chi connectivity index (χ0) is 39.9. The quantitative estimate of drug-likeness (QED) is 0.0831. The predicted molar refractivity (Wildman–Crippen MR) is 215 cm³/mol. The number of ether oxygens (including phenoxy) is 5. The maximum absolute atomic E-state index is 15.0. The highest BCUT2D eigenvalue weighted by molar-refractivity contribution is 6.03. The Morgan fingerprint density at radius 3 is 2.43 bits per heavy atom. The summed E-state index contributed by atoms with van der Waals surface area (Å²) >= 11 is 0. The van der Waals surface area contributed by atoms with Crippen molar-refractivity contribution in [2.24, 2.45) is 22.9 Å². The maximum atomic E-state index is 15.0. The lowest BCUT2D eigenvalue weighted by atomic mass is 9.55. The summed E-state index contributed by atoms with van der Waals surface area (Å²) < 4.78 is 31.8. The van der Waals surface area contributed by atoms with E-state index in [1.807, 2.05) is 37.8 Å². The summed E-state index contributed by atoms with van der Waals surface area (Å²) in [5.41, 5.74) is 2.64. The summed E-state index contributed by atoms with van der Waals surface area (Å²) in [7, 11) is 0. The van der Waals surface area contributed by atoms with Crippen molar-refractivity contribution in [3.05, 3.63) is 84.5 Å². The fourth-order valence-electron chi connectivity index (χ4n) is 8.92. The summed E-state index contributed by atoms with van der Waals surface area (Å²) in [6.45, 7) is 17.2. The normalized spacial score (nSPS) is 25.4. The van der Waals surface area contributed by atoms with Gasteiger partial charge in [-0.25, -0.2) is 0 Å². The Bertz CT molecular complexity index is 1770. The van der Waals surface area contributed by atoms with Gasteiger partial charge in [0.25, 0.3) is 5.91 Å². The lowest BCUT2D eigenvalue weighted by Gasteiger charge is -2.60. The highest BCUT2D eigenvalue weighted by Crippen LogP contribution is 2.62. The lowest BCUT2D eigenvalue weighted by molar-refractivity contribution is -0.254. The molecule has 1 fully saturated rings. The largest absolute Gasteiger partial charge is 0.490 e. The summed E-state index contributed by atoms with van der Waals surface area (Å²) in [6, 6.07) is 10.6. The zero-order valence-corrected chi connectivity index (χ0v) is 33.5. The van der Waals surface area contributed by atoms with Crippen LogP contribution in [0.15, 0.2) is 78.5 Å². The van der Waals surface area contributed by atoms with Crippen LogP contribution in [0, 0.1) is 17.8 Å². The minimum atomic E-state index is -1.35. The van der Waals surface area contributed by atoms with Crippen molar-refractivity contribution < 1.29 is 43.5 Å². The van der Waals surface area contributed by atoms with Gasteiger partial charge in [-0.2, -0.15) is 0 Å². The van der Waals surface area contributed by atoms with E-state index in [-0.39, 0.29) is 50.3 Å². The molecule has 0 saturated heterocycles. The molecule has 4 aliphatic rings. The lowest BCUT2D eigenvalue weighted by Crippen LogP contribution is -2.70. The third kappa shape index (κ3) is 8.65. The molecule has 0 spiro atoms. The van der Waals surface area contributed by atoms with E-state index in [1.165, 1.54) is 0 Å². The number of unbranched alkanes of at least 4 members (excludes halogenated alkanes) is 2. The van der Waals surface area contributed by atoms with Crippen LogP contribution in [0.2, 0.25) is 0 Å². The van der Waals surface area contributed by atoms with Gasteiger partial charge in [-0.05, 0) is 107 Å². The molecule has 6 unspecified atom stereocenters. The van der Waals surface area contributed by atoms with Crippen molar-refractivity contribution in [2.45, 2.75) is 102 Å². The summed E-state index contributed by atoms with van der Waals surface area (Å²) in [5, 5.41) is 24.7. The highest BCUT2D eigenvalue weighted by Gasteiger charge is 2.65. The molecule has 6 atom stereocenters. The molecule has 2 aliphatic heterocycles. The fourth-order valence-corrected chi connectivity index (χ4v) is 8.92. The first-order valence-electron chi connectivity index (χ1n) is 20.3. The molecule has 2 aromatic rings. The molecule has 2 aliphatic carbocycles. The predicted octanol–water partition coefficient (Wildman–Crippen LogP) is 7.96. The van der Waals surface area contributed by atoms with Gasteiger partial charge in [0.2, 0.25) is 12.6 Å². The van der Waals surface area contributed by atoms with E-state index in [0.29, 0.717) is 67.4 Å². The highest BCUT2D eigenvalue weighted by atomic mass is 16.7. The van der Waals surface area contributed by atoms with E-state index in [4.69, 9.17) is 33.7 Å². The second kappa shape index (κ2) is 18.3. The Balaban J connectivity index is 1.60. The Hall–Kier alpha value is -4.32. The molecular formula is C45H60N2O9. The van der Waals surface area contributed by atoms with Gasteiger partial charge in [-0.15, -0.1) is 6.58 Å². The molecule has 56 heavy (non-hydrogen) atoms. The van der Waals surface area contributed by atoms with Gasteiger partial charge in [0, 0.05) is 43.2 Å². The van der Waals surface area contributed by atoms with Gasteiger partial charge in [-0.3, -0.25) is 4.79 Å². The topological polar surface area (TPSA) is 129 Å². The minimum Gasteiger partial charge on any atom is -0.490 e.